The summed E-state index contributed by atoms with van der Waals surface area (Å²) in [6.45, 7) is 5.03. The number of amides is 2. The number of hydrogen-bond donors (Lipinski definition) is 1. The molecule has 1 N–H and O–H groups in total. The molecule has 5 heteroatoms. The molecule has 2 heterocycles. The number of benzene rings is 3. The van der Waals surface area contributed by atoms with Crippen molar-refractivity contribution in [2.75, 3.05) is 11.9 Å². The van der Waals surface area contributed by atoms with Crippen LogP contribution in [0.4, 0.5) is 10.5 Å². The maximum absolute atomic E-state index is 13.8. The zero-order valence-electron chi connectivity index (χ0n) is 18.9. The molecular weight excluding hydrogens is 410 g/mol. The first-order chi connectivity index (χ1) is 16.2. The van der Waals surface area contributed by atoms with Crippen molar-refractivity contribution in [3.05, 3.63) is 114 Å². The van der Waals surface area contributed by atoms with Gasteiger partial charge < -0.3 is 19.5 Å². The van der Waals surface area contributed by atoms with E-state index in [0.717, 1.165) is 22.5 Å². The molecule has 4 aromatic rings. The number of rotatable bonds is 4. The van der Waals surface area contributed by atoms with Crippen LogP contribution in [-0.4, -0.2) is 22.1 Å². The Bertz CT molecular complexity index is 1280. The van der Waals surface area contributed by atoms with Crippen LogP contribution in [0.3, 0.4) is 0 Å². The maximum atomic E-state index is 13.8. The summed E-state index contributed by atoms with van der Waals surface area (Å²) in [7, 11) is 0. The van der Waals surface area contributed by atoms with Crippen LogP contribution in [-0.2, 0) is 6.54 Å². The molecule has 166 valence electrons. The number of fused-ring (bicyclic) bond motifs is 3. The number of carbonyl (C=O) groups excluding carboxylic acids is 1. The summed E-state index contributed by atoms with van der Waals surface area (Å²) in [6, 6.07) is 28.0. The lowest BCUT2D eigenvalue weighted by Gasteiger charge is -2.31. The maximum Gasteiger partial charge on any atom is 0.323 e. The minimum absolute atomic E-state index is 0.169. The molecule has 0 spiro atoms. The highest BCUT2D eigenvalue weighted by Crippen LogP contribution is 2.37. The quantitative estimate of drug-likeness (QED) is 0.406. The zero-order chi connectivity index (χ0) is 22.8. The second-order valence-corrected chi connectivity index (χ2v) is 8.23. The van der Waals surface area contributed by atoms with Crippen molar-refractivity contribution in [2.45, 2.75) is 26.4 Å². The number of ether oxygens (including phenoxy) is 1. The van der Waals surface area contributed by atoms with E-state index in [9.17, 15) is 4.79 Å². The molecule has 0 bridgehead atoms. The van der Waals surface area contributed by atoms with Gasteiger partial charge in [-0.2, -0.15) is 0 Å². The smallest absolute Gasteiger partial charge is 0.323 e. The summed E-state index contributed by atoms with van der Waals surface area (Å²) in [5.41, 5.74) is 6.17. The number of aromatic nitrogens is 1. The van der Waals surface area contributed by atoms with E-state index >= 15 is 0 Å². The number of urea groups is 1. The topological polar surface area (TPSA) is 46.5 Å². The number of hydrogen-bond acceptors (Lipinski definition) is 2. The van der Waals surface area contributed by atoms with Gasteiger partial charge in [0.1, 0.15) is 5.75 Å². The number of anilines is 1. The molecule has 1 atom stereocenters. The van der Waals surface area contributed by atoms with Gasteiger partial charge in [-0.25, -0.2) is 4.79 Å². The number of nitrogens with zero attached hydrogens (tertiary/aromatic N) is 2. The Hall–Kier alpha value is -3.99. The summed E-state index contributed by atoms with van der Waals surface area (Å²) < 4.78 is 7.93. The standard InChI is InChI=1S/C28H27N3O2/c1-3-33-26-13-7-5-10-23(26)29-28(32)31-19-22-9-4-6-11-24(22)30-18-8-12-25(30)27(31)21-16-14-20(2)15-17-21/h4-18,27H,3,19H2,1-2H3,(H,29,32)/t27-/m0/s1. The van der Waals surface area contributed by atoms with Gasteiger partial charge >= 0.3 is 6.03 Å². The first-order valence-electron chi connectivity index (χ1n) is 11.3. The van der Waals surface area contributed by atoms with E-state index in [0.29, 0.717) is 24.6 Å². The van der Waals surface area contributed by atoms with Gasteiger partial charge in [0.15, 0.2) is 0 Å². The van der Waals surface area contributed by atoms with Gasteiger partial charge in [0.25, 0.3) is 0 Å². The summed E-state index contributed by atoms with van der Waals surface area (Å²) in [6.07, 6.45) is 2.07. The lowest BCUT2D eigenvalue weighted by molar-refractivity contribution is 0.194. The molecule has 1 aliphatic rings. The minimum Gasteiger partial charge on any atom is -0.492 e. The molecule has 1 aromatic heterocycles. The Labute approximate surface area is 194 Å². The van der Waals surface area contributed by atoms with Crippen molar-refractivity contribution in [3.8, 4) is 11.4 Å². The second-order valence-electron chi connectivity index (χ2n) is 8.23. The highest BCUT2D eigenvalue weighted by molar-refractivity contribution is 5.91. The van der Waals surface area contributed by atoms with Crippen molar-refractivity contribution in [1.82, 2.24) is 9.47 Å². The number of para-hydroxylation sites is 3. The summed E-state index contributed by atoms with van der Waals surface area (Å²) in [5, 5.41) is 3.11. The Morgan fingerprint density at radius 3 is 2.55 bits per heavy atom. The largest absolute Gasteiger partial charge is 0.492 e. The second kappa shape index (κ2) is 8.87. The van der Waals surface area contributed by atoms with Crippen molar-refractivity contribution in [1.29, 1.82) is 0 Å². The summed E-state index contributed by atoms with van der Waals surface area (Å²) in [4.78, 5) is 15.7. The number of nitrogens with one attached hydrogen (secondary N) is 1. The Kier molecular flexibility index (Phi) is 5.61. The fourth-order valence-corrected chi connectivity index (χ4v) is 4.48. The third-order valence-electron chi connectivity index (χ3n) is 6.05. The molecule has 0 radical (unpaired) electrons. The highest BCUT2D eigenvalue weighted by Gasteiger charge is 2.33. The molecule has 1 aliphatic heterocycles. The summed E-state index contributed by atoms with van der Waals surface area (Å²) in [5.74, 6) is 0.666. The van der Waals surface area contributed by atoms with E-state index < -0.39 is 0 Å². The van der Waals surface area contributed by atoms with Gasteiger partial charge in [0.05, 0.1) is 30.6 Å². The fourth-order valence-electron chi connectivity index (χ4n) is 4.48. The normalized spacial score (nSPS) is 14.7. The molecule has 0 saturated carbocycles. The first-order valence-corrected chi connectivity index (χ1v) is 11.3. The molecule has 0 fully saturated rings. The monoisotopic (exact) mass is 437 g/mol. The molecule has 0 saturated heterocycles. The van der Waals surface area contributed by atoms with Gasteiger partial charge in [0.2, 0.25) is 0 Å². The average Bonchev–Trinajstić information content (AvgIpc) is 3.26. The van der Waals surface area contributed by atoms with E-state index in [2.05, 4.69) is 65.5 Å². The van der Waals surface area contributed by atoms with Crippen LogP contribution in [0, 0.1) is 6.92 Å². The first kappa shape index (κ1) is 20.9. The van der Waals surface area contributed by atoms with Crippen molar-refractivity contribution in [3.63, 3.8) is 0 Å². The van der Waals surface area contributed by atoms with Crippen LogP contribution < -0.4 is 10.1 Å². The number of carbonyl (C=O) groups is 1. The van der Waals surface area contributed by atoms with E-state index in [4.69, 9.17) is 4.74 Å². The lowest BCUT2D eigenvalue weighted by atomic mass is 10.0. The van der Waals surface area contributed by atoms with E-state index in [-0.39, 0.29) is 12.1 Å². The van der Waals surface area contributed by atoms with Crippen LogP contribution in [0.2, 0.25) is 0 Å². The number of aryl methyl sites for hydroxylation is 1. The predicted octanol–water partition coefficient (Wildman–Crippen LogP) is 6.32. The zero-order valence-corrected chi connectivity index (χ0v) is 18.9. The molecule has 33 heavy (non-hydrogen) atoms. The SMILES string of the molecule is CCOc1ccccc1NC(=O)N1Cc2ccccc2-n2cccc2[C@@H]1c1ccc(C)cc1. The van der Waals surface area contributed by atoms with Gasteiger partial charge in [-0.15, -0.1) is 0 Å². The highest BCUT2D eigenvalue weighted by atomic mass is 16.5. The van der Waals surface area contributed by atoms with E-state index in [1.165, 1.54) is 5.56 Å². The molecule has 0 unspecified atom stereocenters. The van der Waals surface area contributed by atoms with Crippen LogP contribution in [0.5, 0.6) is 5.75 Å². The molecule has 0 aliphatic carbocycles. The van der Waals surface area contributed by atoms with Gasteiger partial charge in [-0.1, -0.05) is 60.2 Å². The van der Waals surface area contributed by atoms with Gasteiger partial charge in [0, 0.05) is 11.9 Å². The molecule has 5 rings (SSSR count). The predicted molar refractivity (Wildman–Crippen MR) is 131 cm³/mol. The molecule has 5 nitrogen and oxygen atoms in total. The Balaban J connectivity index is 1.61. The molecule has 2 amide bonds. The lowest BCUT2D eigenvalue weighted by Crippen LogP contribution is -2.38. The van der Waals surface area contributed by atoms with E-state index in [1.54, 1.807) is 0 Å². The van der Waals surface area contributed by atoms with Crippen LogP contribution >= 0.6 is 0 Å². The van der Waals surface area contributed by atoms with Crippen molar-refractivity contribution < 1.29 is 9.53 Å². The van der Waals surface area contributed by atoms with Crippen LogP contribution in [0.15, 0.2) is 91.1 Å². The van der Waals surface area contributed by atoms with Gasteiger partial charge in [-0.05, 0) is 55.3 Å². The van der Waals surface area contributed by atoms with Gasteiger partial charge in [-0.3, -0.25) is 0 Å². The Morgan fingerprint density at radius 2 is 1.73 bits per heavy atom. The third kappa shape index (κ3) is 3.98. The third-order valence-corrected chi connectivity index (χ3v) is 6.05. The van der Waals surface area contributed by atoms with Crippen LogP contribution in [0.25, 0.3) is 5.69 Å². The van der Waals surface area contributed by atoms with Crippen LogP contribution in [0.1, 0.15) is 35.3 Å². The Morgan fingerprint density at radius 1 is 0.970 bits per heavy atom. The molecule has 3 aromatic carbocycles. The minimum atomic E-state index is -0.243. The molecular formula is C28H27N3O2. The summed E-state index contributed by atoms with van der Waals surface area (Å²) >= 11 is 0. The average molecular weight is 438 g/mol. The van der Waals surface area contributed by atoms with Crippen molar-refractivity contribution in [2.24, 2.45) is 0 Å². The fraction of sp³-hybridized carbons (Fsp3) is 0.179. The van der Waals surface area contributed by atoms with E-state index in [1.807, 2.05) is 54.3 Å². The van der Waals surface area contributed by atoms with Crippen molar-refractivity contribution >= 4 is 11.7 Å².